The highest BCUT2D eigenvalue weighted by Crippen LogP contribution is 2.21. The first kappa shape index (κ1) is 15.8. The van der Waals surface area contributed by atoms with Gasteiger partial charge in [0.2, 0.25) is 0 Å². The lowest BCUT2D eigenvalue weighted by Crippen LogP contribution is -2.43. The molecule has 0 unspecified atom stereocenters. The lowest BCUT2D eigenvalue weighted by Gasteiger charge is -2.32. The molecule has 0 bridgehead atoms. The third-order valence-electron chi connectivity index (χ3n) is 3.80. The van der Waals surface area contributed by atoms with Crippen LogP contribution >= 0.6 is 0 Å². The van der Waals surface area contributed by atoms with Crippen molar-refractivity contribution < 1.29 is 4.74 Å². The number of nitrogens with one attached hydrogen (secondary N) is 1. The van der Waals surface area contributed by atoms with Gasteiger partial charge >= 0.3 is 0 Å². The van der Waals surface area contributed by atoms with Crippen molar-refractivity contribution in [1.82, 2.24) is 9.80 Å². The molecule has 3 N–H and O–H groups in total. The van der Waals surface area contributed by atoms with Crippen LogP contribution in [0.25, 0.3) is 0 Å². The number of nitrogens with two attached hydrogens (primary N) is 1. The Kier molecular flexibility index (Phi) is 5.59. The number of nitrogen functional groups attached to an aromatic ring is 1. The molecule has 0 radical (unpaired) electrons. The highest BCUT2D eigenvalue weighted by molar-refractivity contribution is 5.97. The third-order valence-corrected chi connectivity index (χ3v) is 3.80. The molecule has 1 heterocycles. The average molecular weight is 290 g/mol. The van der Waals surface area contributed by atoms with E-state index in [1.807, 2.05) is 12.1 Å². The molecule has 1 aliphatic rings. The van der Waals surface area contributed by atoms with Gasteiger partial charge in [0, 0.05) is 32.7 Å². The van der Waals surface area contributed by atoms with Gasteiger partial charge in [-0.3, -0.25) is 10.3 Å². The zero-order valence-corrected chi connectivity index (χ0v) is 13.1. The van der Waals surface area contributed by atoms with Gasteiger partial charge in [-0.05, 0) is 31.2 Å². The van der Waals surface area contributed by atoms with E-state index >= 15 is 0 Å². The minimum Gasteiger partial charge on any atom is -0.493 e. The summed E-state index contributed by atoms with van der Waals surface area (Å²) in [4.78, 5) is 4.78. The van der Waals surface area contributed by atoms with Crippen LogP contribution in [0, 0.1) is 5.41 Å². The van der Waals surface area contributed by atoms with Crippen LogP contribution in [0.15, 0.2) is 18.2 Å². The minimum atomic E-state index is 0.0707. The molecule has 21 heavy (non-hydrogen) atoms. The number of benzene rings is 1. The third kappa shape index (κ3) is 4.44. The summed E-state index contributed by atoms with van der Waals surface area (Å²) in [6, 6.07) is 6.01. The molecule has 1 aromatic carbocycles. The molecular weight excluding hydrogens is 264 g/mol. The smallest absolute Gasteiger partial charge is 0.130 e. The largest absolute Gasteiger partial charge is 0.493 e. The van der Waals surface area contributed by atoms with Crippen LogP contribution in [-0.2, 0) is 6.54 Å². The quantitative estimate of drug-likeness (QED) is 0.615. The van der Waals surface area contributed by atoms with Crippen LogP contribution in [0.1, 0.15) is 24.5 Å². The lowest BCUT2D eigenvalue weighted by molar-refractivity contribution is 0.148. The monoisotopic (exact) mass is 290 g/mol. The summed E-state index contributed by atoms with van der Waals surface area (Å²) in [5.41, 5.74) is 7.58. The Balaban J connectivity index is 2.06. The molecule has 0 amide bonds. The van der Waals surface area contributed by atoms with Crippen molar-refractivity contribution in [3.05, 3.63) is 29.3 Å². The predicted molar refractivity (Wildman–Crippen MR) is 86.0 cm³/mol. The number of amidine groups is 1. The van der Waals surface area contributed by atoms with Crippen molar-refractivity contribution in [3.8, 4) is 5.75 Å². The van der Waals surface area contributed by atoms with Gasteiger partial charge in [0.25, 0.3) is 0 Å². The van der Waals surface area contributed by atoms with Crippen molar-refractivity contribution in [3.63, 3.8) is 0 Å². The number of hydrogen-bond acceptors (Lipinski definition) is 4. The van der Waals surface area contributed by atoms with Crippen LogP contribution in [0.4, 0.5) is 0 Å². The first-order valence-electron chi connectivity index (χ1n) is 7.61. The van der Waals surface area contributed by atoms with E-state index in [2.05, 4.69) is 29.8 Å². The normalized spacial score (nSPS) is 16.9. The van der Waals surface area contributed by atoms with Gasteiger partial charge in [-0.25, -0.2) is 0 Å². The summed E-state index contributed by atoms with van der Waals surface area (Å²) in [7, 11) is 2.16. The molecule has 1 aromatic rings. The van der Waals surface area contributed by atoms with Crippen LogP contribution < -0.4 is 10.5 Å². The van der Waals surface area contributed by atoms with Gasteiger partial charge in [0.15, 0.2) is 0 Å². The van der Waals surface area contributed by atoms with Crippen LogP contribution in [0.5, 0.6) is 5.75 Å². The Morgan fingerprint density at radius 2 is 2.00 bits per heavy atom. The molecule has 1 saturated heterocycles. The molecule has 2 rings (SSSR count). The second-order valence-electron chi connectivity index (χ2n) is 5.67. The zero-order valence-electron chi connectivity index (χ0n) is 13.1. The topological polar surface area (TPSA) is 65.6 Å². The average Bonchev–Trinajstić information content (AvgIpc) is 2.48. The summed E-state index contributed by atoms with van der Waals surface area (Å²) < 4.78 is 5.67. The first-order valence-corrected chi connectivity index (χ1v) is 7.61. The highest BCUT2D eigenvalue weighted by Gasteiger charge is 2.15. The molecule has 1 aliphatic heterocycles. The summed E-state index contributed by atoms with van der Waals surface area (Å²) in [6.45, 7) is 8.00. The molecule has 0 spiro atoms. The Labute approximate surface area is 127 Å². The second-order valence-corrected chi connectivity index (χ2v) is 5.67. The Bertz CT molecular complexity index is 481. The van der Waals surface area contributed by atoms with E-state index in [1.54, 1.807) is 0 Å². The molecule has 116 valence electrons. The number of ether oxygens (including phenoxy) is 1. The van der Waals surface area contributed by atoms with Gasteiger partial charge in [-0.1, -0.05) is 13.0 Å². The molecule has 0 aromatic heterocycles. The fourth-order valence-corrected chi connectivity index (χ4v) is 2.49. The molecule has 0 aliphatic carbocycles. The standard InChI is InChI=1S/C16H26N4O/c1-3-10-21-15-5-4-13(11-14(15)16(17)18)12-20-8-6-19(2)7-9-20/h4-5,11H,3,6-10,12H2,1-2H3,(H3,17,18). The summed E-state index contributed by atoms with van der Waals surface area (Å²) in [6.07, 6.45) is 0.945. The van der Waals surface area contributed by atoms with E-state index in [9.17, 15) is 0 Å². The number of piperazine rings is 1. The van der Waals surface area contributed by atoms with Crippen molar-refractivity contribution in [2.75, 3.05) is 39.8 Å². The van der Waals surface area contributed by atoms with Gasteiger partial charge in [0.1, 0.15) is 11.6 Å². The first-order chi connectivity index (χ1) is 10.1. The predicted octanol–water partition coefficient (Wildman–Crippen LogP) is 1.51. The van der Waals surface area contributed by atoms with Crippen molar-refractivity contribution in [1.29, 1.82) is 5.41 Å². The van der Waals surface area contributed by atoms with E-state index in [-0.39, 0.29) is 5.84 Å². The molecule has 1 fully saturated rings. The summed E-state index contributed by atoms with van der Waals surface area (Å²) in [5, 5.41) is 7.73. The molecular formula is C16H26N4O. The van der Waals surface area contributed by atoms with Gasteiger partial charge < -0.3 is 15.4 Å². The van der Waals surface area contributed by atoms with Gasteiger partial charge in [-0.15, -0.1) is 0 Å². The van der Waals surface area contributed by atoms with Gasteiger partial charge in [-0.2, -0.15) is 0 Å². The minimum absolute atomic E-state index is 0.0707. The highest BCUT2D eigenvalue weighted by atomic mass is 16.5. The summed E-state index contributed by atoms with van der Waals surface area (Å²) >= 11 is 0. The molecule has 0 saturated carbocycles. The van der Waals surface area contributed by atoms with E-state index in [1.165, 1.54) is 5.56 Å². The van der Waals surface area contributed by atoms with E-state index in [0.717, 1.165) is 39.1 Å². The maximum atomic E-state index is 7.73. The van der Waals surface area contributed by atoms with Crippen LogP contribution in [0.2, 0.25) is 0 Å². The fraction of sp³-hybridized carbons (Fsp3) is 0.562. The van der Waals surface area contributed by atoms with E-state index in [0.29, 0.717) is 17.9 Å². The second kappa shape index (κ2) is 7.43. The number of rotatable bonds is 6. The number of nitrogens with zero attached hydrogens (tertiary/aromatic N) is 2. The van der Waals surface area contributed by atoms with E-state index in [4.69, 9.17) is 15.9 Å². The number of hydrogen-bond donors (Lipinski definition) is 2. The Hall–Kier alpha value is -1.59. The lowest BCUT2D eigenvalue weighted by atomic mass is 10.1. The SMILES string of the molecule is CCCOc1ccc(CN2CCN(C)CC2)cc1C(=N)N. The van der Waals surface area contributed by atoms with Crippen LogP contribution in [-0.4, -0.2) is 55.5 Å². The molecule has 0 atom stereocenters. The molecule has 5 heteroatoms. The van der Waals surface area contributed by atoms with Crippen molar-refractivity contribution >= 4 is 5.84 Å². The van der Waals surface area contributed by atoms with Crippen molar-refractivity contribution in [2.45, 2.75) is 19.9 Å². The van der Waals surface area contributed by atoms with Crippen LogP contribution in [0.3, 0.4) is 0 Å². The fourth-order valence-electron chi connectivity index (χ4n) is 2.49. The number of likely N-dealkylation sites (N-methyl/N-ethyl adjacent to an activating group) is 1. The Morgan fingerprint density at radius 3 is 2.62 bits per heavy atom. The summed E-state index contributed by atoms with van der Waals surface area (Å²) in [5.74, 6) is 0.785. The van der Waals surface area contributed by atoms with Crippen molar-refractivity contribution in [2.24, 2.45) is 5.73 Å². The molecule has 5 nitrogen and oxygen atoms in total. The maximum absolute atomic E-state index is 7.73. The zero-order chi connectivity index (χ0) is 15.2. The Morgan fingerprint density at radius 1 is 1.29 bits per heavy atom. The van der Waals surface area contributed by atoms with Gasteiger partial charge in [0.05, 0.1) is 12.2 Å². The maximum Gasteiger partial charge on any atom is 0.130 e. The van der Waals surface area contributed by atoms with E-state index < -0.39 is 0 Å².